The molecule has 4 N–H and O–H groups in total. The van der Waals surface area contributed by atoms with E-state index >= 15 is 0 Å². The molecule has 19 heavy (non-hydrogen) atoms. The molecule has 2 rings (SSSR count). The van der Waals surface area contributed by atoms with E-state index in [0.29, 0.717) is 6.54 Å². The van der Waals surface area contributed by atoms with Gasteiger partial charge in [0, 0.05) is 19.4 Å². The minimum Gasteiger partial charge on any atom is -0.311 e. The highest BCUT2D eigenvalue weighted by atomic mass is 19.3. The van der Waals surface area contributed by atoms with Gasteiger partial charge >= 0.3 is 6.03 Å². The van der Waals surface area contributed by atoms with Crippen LogP contribution in [0.4, 0.5) is 13.6 Å². The second kappa shape index (κ2) is 5.28. The van der Waals surface area contributed by atoms with E-state index in [2.05, 4.69) is 10.9 Å². The molecule has 0 aromatic heterocycles. The number of nitrogens with two attached hydrogens (primary N) is 1. The zero-order valence-corrected chi connectivity index (χ0v) is 10.5. The third kappa shape index (κ3) is 3.31. The van der Waals surface area contributed by atoms with Crippen LogP contribution < -0.4 is 16.6 Å². The molecular weight excluding hydrogens is 258 g/mol. The Hall–Kier alpha value is -1.44. The lowest BCUT2D eigenvalue weighted by molar-refractivity contribution is -0.150. The van der Waals surface area contributed by atoms with Crippen molar-refractivity contribution in [2.24, 2.45) is 11.7 Å². The topological polar surface area (TPSA) is 87.5 Å². The lowest BCUT2D eigenvalue weighted by Crippen LogP contribution is -2.58. The van der Waals surface area contributed by atoms with Crippen molar-refractivity contribution >= 4 is 11.9 Å². The molecule has 8 heteroatoms. The van der Waals surface area contributed by atoms with E-state index in [0.717, 1.165) is 19.3 Å². The lowest BCUT2D eigenvalue weighted by atomic mass is 9.81. The van der Waals surface area contributed by atoms with Crippen LogP contribution >= 0.6 is 0 Å². The van der Waals surface area contributed by atoms with E-state index < -0.39 is 36.6 Å². The van der Waals surface area contributed by atoms with Crippen LogP contribution in [0.25, 0.3) is 0 Å². The first-order valence-corrected chi connectivity index (χ1v) is 6.39. The third-order valence-corrected chi connectivity index (χ3v) is 3.56. The molecule has 1 heterocycles. The van der Waals surface area contributed by atoms with E-state index in [4.69, 9.17) is 5.73 Å². The monoisotopic (exact) mass is 276 g/mol. The summed E-state index contributed by atoms with van der Waals surface area (Å²) >= 11 is 0. The number of halogens is 2. The van der Waals surface area contributed by atoms with Gasteiger partial charge in [-0.05, 0) is 19.3 Å². The number of rotatable bonds is 1. The Kier molecular flexibility index (Phi) is 3.88. The predicted octanol–water partition coefficient (Wildman–Crippen LogP) is 0.543. The van der Waals surface area contributed by atoms with E-state index in [1.165, 1.54) is 4.90 Å². The molecule has 1 unspecified atom stereocenters. The van der Waals surface area contributed by atoms with Gasteiger partial charge < -0.3 is 10.6 Å². The summed E-state index contributed by atoms with van der Waals surface area (Å²) < 4.78 is 25.2. The molecule has 3 amide bonds. The van der Waals surface area contributed by atoms with E-state index in [9.17, 15) is 18.4 Å². The van der Waals surface area contributed by atoms with Gasteiger partial charge in [0.1, 0.15) is 0 Å². The van der Waals surface area contributed by atoms with Crippen molar-refractivity contribution in [3.05, 3.63) is 0 Å². The number of urea groups is 1. The van der Waals surface area contributed by atoms with Crippen LogP contribution in [-0.2, 0) is 4.79 Å². The van der Waals surface area contributed by atoms with Gasteiger partial charge in [-0.3, -0.25) is 10.2 Å². The summed E-state index contributed by atoms with van der Waals surface area (Å²) in [5.41, 5.74) is 10.2. The van der Waals surface area contributed by atoms with Crippen molar-refractivity contribution < 1.29 is 18.4 Å². The fraction of sp³-hybridized carbons (Fsp3) is 0.818. The van der Waals surface area contributed by atoms with Gasteiger partial charge in [0.15, 0.2) is 0 Å². The normalized spacial score (nSPS) is 26.5. The van der Waals surface area contributed by atoms with Crippen molar-refractivity contribution in [1.82, 2.24) is 15.8 Å². The van der Waals surface area contributed by atoms with Crippen LogP contribution in [-0.4, -0.2) is 35.5 Å². The number of carbonyl (C=O) groups excluding carboxylic acids is 2. The molecule has 1 aliphatic carbocycles. The maximum atomic E-state index is 12.6. The Bertz CT molecular complexity index is 370. The first kappa shape index (κ1) is 14.0. The first-order valence-electron chi connectivity index (χ1n) is 6.39. The largest absolute Gasteiger partial charge is 0.337 e. The molecule has 1 aliphatic heterocycles. The molecular formula is C11H18F2N4O2. The number of piperidine rings is 1. The quantitative estimate of drug-likeness (QED) is 0.611. The van der Waals surface area contributed by atoms with Gasteiger partial charge in [-0.15, -0.1) is 0 Å². The van der Waals surface area contributed by atoms with Crippen LogP contribution in [0.5, 0.6) is 0 Å². The number of hydrogen-bond donors (Lipinski definition) is 3. The van der Waals surface area contributed by atoms with Gasteiger partial charge in [0.2, 0.25) is 11.8 Å². The Labute approximate surface area is 109 Å². The van der Waals surface area contributed by atoms with Gasteiger partial charge in [-0.1, -0.05) is 0 Å². The summed E-state index contributed by atoms with van der Waals surface area (Å²) in [6, 6.07) is -0.494. The van der Waals surface area contributed by atoms with Gasteiger partial charge in [0.05, 0.1) is 12.1 Å². The molecule has 0 spiro atoms. The highest BCUT2D eigenvalue weighted by Crippen LogP contribution is 2.42. The Balaban J connectivity index is 1.73. The fourth-order valence-electron chi connectivity index (χ4n) is 2.34. The van der Waals surface area contributed by atoms with Crippen LogP contribution in [0, 0.1) is 5.92 Å². The second-order valence-corrected chi connectivity index (χ2v) is 5.14. The van der Waals surface area contributed by atoms with Crippen molar-refractivity contribution in [3.8, 4) is 0 Å². The molecule has 2 aliphatic rings. The molecule has 6 nitrogen and oxygen atoms in total. The number of likely N-dealkylation sites (tertiary alicyclic amines) is 1. The van der Waals surface area contributed by atoms with Crippen molar-refractivity contribution in [2.45, 2.75) is 44.2 Å². The fourth-order valence-corrected chi connectivity index (χ4v) is 2.34. The van der Waals surface area contributed by atoms with Crippen molar-refractivity contribution in [2.75, 3.05) is 6.54 Å². The van der Waals surface area contributed by atoms with Crippen LogP contribution in [0.1, 0.15) is 32.1 Å². The number of carbonyl (C=O) groups is 2. The maximum absolute atomic E-state index is 12.6. The Morgan fingerprint density at radius 1 is 1.21 bits per heavy atom. The smallest absolute Gasteiger partial charge is 0.311 e. The van der Waals surface area contributed by atoms with E-state index in [1.54, 1.807) is 0 Å². The second-order valence-electron chi connectivity index (χ2n) is 5.14. The standard InChI is InChI=1S/C11H18F2N4O2/c12-11(13)5-7(6-11)9(18)15-16-10(19)17-4-2-1-3-8(17)14/h7-8H,1-6,14H2,(H,15,18)(H,16,19). The Morgan fingerprint density at radius 3 is 2.47 bits per heavy atom. The van der Waals surface area contributed by atoms with Crippen LogP contribution in [0.3, 0.4) is 0 Å². The highest BCUT2D eigenvalue weighted by Gasteiger charge is 2.48. The molecule has 2 fully saturated rings. The zero-order valence-electron chi connectivity index (χ0n) is 10.5. The summed E-state index contributed by atoms with van der Waals surface area (Å²) in [7, 11) is 0. The van der Waals surface area contributed by atoms with Crippen molar-refractivity contribution in [3.63, 3.8) is 0 Å². The predicted molar refractivity (Wildman–Crippen MR) is 62.9 cm³/mol. The number of hydrogen-bond acceptors (Lipinski definition) is 3. The number of hydrazine groups is 1. The first-order chi connectivity index (χ1) is 8.89. The summed E-state index contributed by atoms with van der Waals surface area (Å²) in [5.74, 6) is -4.06. The summed E-state index contributed by atoms with van der Waals surface area (Å²) in [6.45, 7) is 0.532. The Morgan fingerprint density at radius 2 is 1.89 bits per heavy atom. The third-order valence-electron chi connectivity index (χ3n) is 3.56. The summed E-state index contributed by atoms with van der Waals surface area (Å²) in [5, 5.41) is 0. The average Bonchev–Trinajstić information content (AvgIpc) is 2.33. The summed E-state index contributed by atoms with van der Waals surface area (Å²) in [6.07, 6.45) is 1.27. The van der Waals surface area contributed by atoms with E-state index in [1.807, 2.05) is 0 Å². The maximum Gasteiger partial charge on any atom is 0.337 e. The molecule has 1 saturated heterocycles. The number of amides is 3. The van der Waals surface area contributed by atoms with Gasteiger partial charge in [-0.25, -0.2) is 19.0 Å². The molecule has 0 aromatic rings. The molecule has 1 atom stereocenters. The van der Waals surface area contributed by atoms with Crippen LogP contribution in [0.15, 0.2) is 0 Å². The zero-order chi connectivity index (χ0) is 14.0. The minimum atomic E-state index is -2.75. The van der Waals surface area contributed by atoms with Gasteiger partial charge in [0.25, 0.3) is 0 Å². The van der Waals surface area contributed by atoms with Gasteiger partial charge in [-0.2, -0.15) is 0 Å². The number of alkyl halides is 2. The number of nitrogens with one attached hydrogen (secondary N) is 2. The molecule has 108 valence electrons. The molecule has 1 saturated carbocycles. The lowest BCUT2D eigenvalue weighted by Gasteiger charge is -2.35. The minimum absolute atomic E-state index is 0.362. The molecule has 0 aromatic carbocycles. The number of nitrogens with zero attached hydrogens (tertiary/aromatic N) is 1. The molecule has 0 bridgehead atoms. The van der Waals surface area contributed by atoms with Crippen LogP contribution in [0.2, 0.25) is 0 Å². The molecule has 0 radical (unpaired) electrons. The average molecular weight is 276 g/mol. The van der Waals surface area contributed by atoms with E-state index in [-0.39, 0.29) is 6.17 Å². The highest BCUT2D eigenvalue weighted by molar-refractivity contribution is 5.83. The summed E-state index contributed by atoms with van der Waals surface area (Å²) in [4.78, 5) is 24.6. The SMILES string of the molecule is NC1CCCCN1C(=O)NNC(=O)C1CC(F)(F)C1. The van der Waals surface area contributed by atoms with Crippen molar-refractivity contribution in [1.29, 1.82) is 0 Å².